The third-order valence-corrected chi connectivity index (χ3v) is 4.00. The third kappa shape index (κ3) is 7.31. The Kier molecular flexibility index (Phi) is 7.87. The molecule has 0 radical (unpaired) electrons. The van der Waals surface area contributed by atoms with Crippen molar-refractivity contribution < 1.29 is 24.2 Å². The van der Waals surface area contributed by atoms with E-state index in [0.29, 0.717) is 11.3 Å². The highest BCUT2D eigenvalue weighted by Crippen LogP contribution is 2.16. The fraction of sp³-hybridized carbons (Fsp3) is 0.364. The summed E-state index contributed by atoms with van der Waals surface area (Å²) in [5.74, 6) is -0.0715. The first-order chi connectivity index (χ1) is 13.3. The van der Waals surface area contributed by atoms with Gasteiger partial charge in [-0.15, -0.1) is 0 Å². The van der Waals surface area contributed by atoms with Gasteiger partial charge in [0.2, 0.25) is 0 Å². The molecule has 1 unspecified atom stereocenters. The number of aliphatic carboxylic acids is 1. The highest BCUT2D eigenvalue weighted by Gasteiger charge is 2.11. The van der Waals surface area contributed by atoms with Crippen LogP contribution in [0.25, 0.3) is 0 Å². The molecule has 6 nitrogen and oxygen atoms in total. The minimum Gasteiger partial charge on any atom is -0.491 e. The maximum Gasteiger partial charge on any atom is 0.341 e. The van der Waals surface area contributed by atoms with Gasteiger partial charge in [-0.25, -0.2) is 4.79 Å². The molecule has 0 aliphatic heterocycles. The number of nitrogens with one attached hydrogen (secondary N) is 1. The highest BCUT2D eigenvalue weighted by atomic mass is 16.5. The Morgan fingerprint density at radius 2 is 1.75 bits per heavy atom. The van der Waals surface area contributed by atoms with Gasteiger partial charge in [0.05, 0.1) is 6.10 Å². The molecule has 2 aromatic carbocycles. The molecule has 0 heterocycles. The molecule has 2 N–H and O–H groups in total. The van der Waals surface area contributed by atoms with Gasteiger partial charge in [0.1, 0.15) is 11.5 Å². The Bertz CT molecular complexity index is 786. The molecule has 0 saturated carbocycles. The lowest BCUT2D eigenvalue weighted by atomic mass is 10.1. The molecule has 0 saturated heterocycles. The lowest BCUT2D eigenvalue weighted by molar-refractivity contribution is -0.139. The Balaban J connectivity index is 1.83. The van der Waals surface area contributed by atoms with E-state index in [-0.39, 0.29) is 18.1 Å². The quantitative estimate of drug-likeness (QED) is 0.652. The molecule has 0 fully saturated rings. The van der Waals surface area contributed by atoms with Gasteiger partial charge in [-0.3, -0.25) is 4.79 Å². The Morgan fingerprint density at radius 1 is 1.04 bits per heavy atom. The minimum absolute atomic E-state index is 0.0114. The molecule has 150 valence electrons. The zero-order valence-corrected chi connectivity index (χ0v) is 16.5. The fourth-order valence-electron chi connectivity index (χ4n) is 2.64. The Morgan fingerprint density at radius 3 is 2.39 bits per heavy atom. The van der Waals surface area contributed by atoms with E-state index in [0.717, 1.165) is 18.6 Å². The van der Waals surface area contributed by atoms with Crippen LogP contribution in [0.15, 0.2) is 48.5 Å². The summed E-state index contributed by atoms with van der Waals surface area (Å²) >= 11 is 0. The van der Waals surface area contributed by atoms with Crippen LogP contribution in [-0.2, 0) is 11.2 Å². The molecule has 0 aliphatic rings. The zero-order chi connectivity index (χ0) is 20.5. The predicted molar refractivity (Wildman–Crippen MR) is 107 cm³/mol. The van der Waals surface area contributed by atoms with E-state index in [4.69, 9.17) is 14.6 Å². The maximum atomic E-state index is 12.4. The van der Waals surface area contributed by atoms with Crippen LogP contribution in [0.3, 0.4) is 0 Å². The first kappa shape index (κ1) is 21.3. The number of carboxylic acid groups (broad SMARTS) is 1. The number of carboxylic acids is 1. The molecule has 1 atom stereocenters. The number of carbonyl (C=O) groups is 2. The monoisotopic (exact) mass is 385 g/mol. The minimum atomic E-state index is -1.06. The summed E-state index contributed by atoms with van der Waals surface area (Å²) in [7, 11) is 0. The molecule has 6 heteroatoms. The van der Waals surface area contributed by atoms with Crippen LogP contribution >= 0.6 is 0 Å². The third-order valence-electron chi connectivity index (χ3n) is 4.00. The summed E-state index contributed by atoms with van der Waals surface area (Å²) in [5, 5.41) is 11.6. The number of rotatable bonds is 10. The van der Waals surface area contributed by atoms with Crippen molar-refractivity contribution in [1.82, 2.24) is 5.32 Å². The topological polar surface area (TPSA) is 84.9 Å². The van der Waals surface area contributed by atoms with Crippen LogP contribution in [0.5, 0.6) is 11.5 Å². The van der Waals surface area contributed by atoms with Crippen molar-refractivity contribution in [2.24, 2.45) is 0 Å². The van der Waals surface area contributed by atoms with Crippen molar-refractivity contribution in [2.45, 2.75) is 45.8 Å². The summed E-state index contributed by atoms with van der Waals surface area (Å²) < 4.78 is 10.7. The highest BCUT2D eigenvalue weighted by molar-refractivity contribution is 5.94. The van der Waals surface area contributed by atoms with Gasteiger partial charge >= 0.3 is 5.97 Å². The summed E-state index contributed by atoms with van der Waals surface area (Å²) in [6.45, 7) is 5.50. The van der Waals surface area contributed by atoms with E-state index in [2.05, 4.69) is 5.32 Å². The van der Waals surface area contributed by atoms with Crippen LogP contribution < -0.4 is 14.8 Å². The predicted octanol–water partition coefficient (Wildman–Crippen LogP) is 3.69. The molecule has 0 aromatic heterocycles. The number of hydrogen-bond donors (Lipinski definition) is 2. The second-order valence-electron chi connectivity index (χ2n) is 6.93. The van der Waals surface area contributed by atoms with Gasteiger partial charge in [-0.2, -0.15) is 0 Å². The molecule has 28 heavy (non-hydrogen) atoms. The summed E-state index contributed by atoms with van der Waals surface area (Å²) in [4.78, 5) is 23.0. The maximum absolute atomic E-state index is 12.4. The number of amides is 1. The van der Waals surface area contributed by atoms with Crippen LogP contribution in [0.4, 0.5) is 0 Å². The number of carbonyl (C=O) groups excluding carboxylic acids is 1. The van der Waals surface area contributed by atoms with Crippen molar-refractivity contribution in [3.63, 3.8) is 0 Å². The van der Waals surface area contributed by atoms with E-state index in [1.165, 1.54) is 5.56 Å². The average molecular weight is 385 g/mol. The van der Waals surface area contributed by atoms with E-state index in [1.807, 2.05) is 45.0 Å². The van der Waals surface area contributed by atoms with Crippen LogP contribution in [0, 0.1) is 0 Å². The van der Waals surface area contributed by atoms with Gasteiger partial charge in [-0.05, 0) is 69.5 Å². The first-order valence-corrected chi connectivity index (χ1v) is 9.34. The van der Waals surface area contributed by atoms with Gasteiger partial charge in [-0.1, -0.05) is 18.2 Å². The zero-order valence-electron chi connectivity index (χ0n) is 16.5. The Labute approximate surface area is 165 Å². The van der Waals surface area contributed by atoms with Crippen molar-refractivity contribution in [2.75, 3.05) is 6.61 Å². The smallest absolute Gasteiger partial charge is 0.341 e. The van der Waals surface area contributed by atoms with Crippen LogP contribution in [0.2, 0.25) is 0 Å². The average Bonchev–Trinajstić information content (AvgIpc) is 2.65. The van der Waals surface area contributed by atoms with Gasteiger partial charge in [0.25, 0.3) is 5.91 Å². The van der Waals surface area contributed by atoms with Crippen molar-refractivity contribution >= 4 is 11.9 Å². The van der Waals surface area contributed by atoms with E-state index in [9.17, 15) is 9.59 Å². The van der Waals surface area contributed by atoms with Crippen molar-refractivity contribution in [3.05, 3.63) is 59.7 Å². The Hall–Kier alpha value is -3.02. The second-order valence-corrected chi connectivity index (χ2v) is 6.93. The van der Waals surface area contributed by atoms with E-state index in [1.54, 1.807) is 24.3 Å². The van der Waals surface area contributed by atoms with E-state index < -0.39 is 12.6 Å². The molecular formula is C22H27NO5. The normalized spacial score (nSPS) is 11.7. The van der Waals surface area contributed by atoms with Crippen molar-refractivity contribution in [3.8, 4) is 11.5 Å². The SMILES string of the molecule is CC(CCc1ccc(OC(C)C)cc1)NC(=O)c1cccc(OCC(=O)O)c1. The van der Waals surface area contributed by atoms with Crippen LogP contribution in [0.1, 0.15) is 43.1 Å². The van der Waals surface area contributed by atoms with Gasteiger partial charge in [0.15, 0.2) is 6.61 Å². The molecular weight excluding hydrogens is 358 g/mol. The standard InChI is InChI=1S/C22H27NO5/c1-15(2)28-19-11-9-17(10-12-19)8-7-16(3)23-22(26)18-5-4-6-20(13-18)27-14-21(24)25/h4-6,9-13,15-16H,7-8,14H2,1-3H3,(H,23,26)(H,24,25). The molecule has 0 aliphatic carbocycles. The fourth-order valence-corrected chi connectivity index (χ4v) is 2.64. The number of ether oxygens (including phenoxy) is 2. The van der Waals surface area contributed by atoms with Gasteiger partial charge < -0.3 is 19.9 Å². The van der Waals surface area contributed by atoms with Crippen molar-refractivity contribution in [1.29, 1.82) is 0 Å². The molecule has 0 bridgehead atoms. The lowest BCUT2D eigenvalue weighted by Gasteiger charge is -2.15. The first-order valence-electron chi connectivity index (χ1n) is 9.34. The second kappa shape index (κ2) is 10.3. The molecule has 2 aromatic rings. The number of hydrogen-bond acceptors (Lipinski definition) is 4. The molecule has 1 amide bonds. The number of aryl methyl sites for hydroxylation is 1. The van der Waals surface area contributed by atoms with E-state index >= 15 is 0 Å². The lowest BCUT2D eigenvalue weighted by Crippen LogP contribution is -2.32. The van der Waals surface area contributed by atoms with Gasteiger partial charge in [0, 0.05) is 11.6 Å². The summed E-state index contributed by atoms with van der Waals surface area (Å²) in [6, 6.07) is 14.5. The summed E-state index contributed by atoms with van der Waals surface area (Å²) in [6.07, 6.45) is 1.78. The molecule has 0 spiro atoms. The largest absolute Gasteiger partial charge is 0.491 e. The number of benzene rings is 2. The van der Waals surface area contributed by atoms with Crippen LogP contribution in [-0.4, -0.2) is 35.7 Å². The molecule has 2 rings (SSSR count). The summed E-state index contributed by atoms with van der Waals surface area (Å²) in [5.41, 5.74) is 1.62.